The lowest BCUT2D eigenvalue weighted by Crippen LogP contribution is -2.50. The van der Waals surface area contributed by atoms with Crippen LogP contribution in [-0.2, 0) is 9.53 Å². The van der Waals surface area contributed by atoms with Crippen LogP contribution in [0.3, 0.4) is 0 Å². The molecule has 0 aliphatic carbocycles. The molecule has 0 aliphatic heterocycles. The van der Waals surface area contributed by atoms with Gasteiger partial charge >= 0.3 is 5.97 Å². The van der Waals surface area contributed by atoms with E-state index in [4.69, 9.17) is 4.74 Å². The van der Waals surface area contributed by atoms with E-state index in [0.29, 0.717) is 0 Å². The maximum absolute atomic E-state index is 13.8. The summed E-state index contributed by atoms with van der Waals surface area (Å²) in [6, 6.07) is 10.9. The van der Waals surface area contributed by atoms with Gasteiger partial charge in [0.25, 0.3) is 0 Å². The third-order valence-electron chi connectivity index (χ3n) is 4.70. The molecule has 172 valence electrons. The second kappa shape index (κ2) is 10.6. The Balaban J connectivity index is 2.04. The van der Waals surface area contributed by atoms with Gasteiger partial charge < -0.3 is 15.4 Å². The molecule has 0 bridgehead atoms. The Hall–Kier alpha value is -3.88. The smallest absolute Gasteiger partial charge is 0.331 e. The van der Waals surface area contributed by atoms with Crippen LogP contribution < -0.4 is 10.6 Å². The van der Waals surface area contributed by atoms with Gasteiger partial charge in [-0.3, -0.25) is 4.79 Å². The first-order valence-corrected chi connectivity index (χ1v) is 9.99. The van der Waals surface area contributed by atoms with E-state index in [9.17, 15) is 27.2 Å². The summed E-state index contributed by atoms with van der Waals surface area (Å²) in [5, 5.41) is 5.44. The van der Waals surface area contributed by atoms with Crippen molar-refractivity contribution in [3.8, 4) is 0 Å². The maximum atomic E-state index is 13.8. The standard InChI is InChI=1S/C24H20F4N2O3/c1-2-33-24(32)22(30-16-9-11-18(26)20(28)13-16)21(23(31)14-6-4-3-5-7-14)29-15-8-10-17(25)19(27)12-15/h3-13,21-22,29-30H,2H2,1H3/t21?,22-/m1/s1. The zero-order valence-electron chi connectivity index (χ0n) is 17.4. The Morgan fingerprint density at radius 3 is 1.76 bits per heavy atom. The quantitative estimate of drug-likeness (QED) is 0.269. The lowest BCUT2D eigenvalue weighted by Gasteiger charge is -2.28. The molecule has 2 atom stereocenters. The van der Waals surface area contributed by atoms with E-state index in [-0.39, 0.29) is 23.5 Å². The number of ether oxygens (including phenoxy) is 1. The van der Waals surface area contributed by atoms with Gasteiger partial charge in [0.1, 0.15) is 6.04 Å². The van der Waals surface area contributed by atoms with Crippen LogP contribution >= 0.6 is 0 Å². The summed E-state index contributed by atoms with van der Waals surface area (Å²) in [6.45, 7) is 1.54. The topological polar surface area (TPSA) is 67.4 Å². The van der Waals surface area contributed by atoms with Crippen molar-refractivity contribution in [3.05, 3.63) is 95.6 Å². The van der Waals surface area contributed by atoms with Gasteiger partial charge in [-0.15, -0.1) is 0 Å². The van der Waals surface area contributed by atoms with Crippen molar-refractivity contribution in [1.82, 2.24) is 0 Å². The maximum Gasteiger partial charge on any atom is 0.331 e. The van der Waals surface area contributed by atoms with Gasteiger partial charge in [-0.1, -0.05) is 30.3 Å². The third kappa shape index (κ3) is 5.88. The number of carbonyl (C=O) groups is 2. The van der Waals surface area contributed by atoms with Crippen molar-refractivity contribution in [2.45, 2.75) is 19.0 Å². The van der Waals surface area contributed by atoms with E-state index in [1.165, 1.54) is 24.3 Å². The molecule has 0 saturated carbocycles. The molecular weight excluding hydrogens is 440 g/mol. The lowest BCUT2D eigenvalue weighted by atomic mass is 9.96. The fourth-order valence-corrected chi connectivity index (χ4v) is 3.12. The Labute approximate surface area is 187 Å². The van der Waals surface area contributed by atoms with E-state index < -0.39 is 47.1 Å². The van der Waals surface area contributed by atoms with Crippen LogP contribution in [0, 0.1) is 23.3 Å². The second-order valence-corrected chi connectivity index (χ2v) is 6.98. The summed E-state index contributed by atoms with van der Waals surface area (Å²) in [6.07, 6.45) is 0. The minimum Gasteiger partial charge on any atom is -0.464 e. The monoisotopic (exact) mass is 460 g/mol. The molecule has 0 saturated heterocycles. The summed E-state index contributed by atoms with van der Waals surface area (Å²) >= 11 is 0. The molecule has 2 N–H and O–H groups in total. The largest absolute Gasteiger partial charge is 0.464 e. The highest BCUT2D eigenvalue weighted by atomic mass is 19.2. The van der Waals surface area contributed by atoms with Gasteiger partial charge in [0, 0.05) is 29.1 Å². The number of carbonyl (C=O) groups excluding carboxylic acids is 2. The van der Waals surface area contributed by atoms with E-state index in [2.05, 4.69) is 10.6 Å². The first-order valence-electron chi connectivity index (χ1n) is 9.99. The van der Waals surface area contributed by atoms with Gasteiger partial charge in [0.2, 0.25) is 0 Å². The van der Waals surface area contributed by atoms with Crippen molar-refractivity contribution >= 4 is 23.1 Å². The summed E-state index contributed by atoms with van der Waals surface area (Å²) in [4.78, 5) is 26.2. The average molecular weight is 460 g/mol. The molecule has 0 aromatic heterocycles. The summed E-state index contributed by atoms with van der Waals surface area (Å²) in [7, 11) is 0. The molecule has 3 aromatic rings. The highest BCUT2D eigenvalue weighted by Gasteiger charge is 2.36. The summed E-state index contributed by atoms with van der Waals surface area (Å²) in [5.74, 6) is -5.95. The summed E-state index contributed by atoms with van der Waals surface area (Å²) in [5.41, 5.74) is 0.244. The molecule has 5 nitrogen and oxygen atoms in total. The zero-order valence-corrected chi connectivity index (χ0v) is 17.4. The van der Waals surface area contributed by atoms with Crippen molar-refractivity contribution in [1.29, 1.82) is 0 Å². The fraction of sp³-hybridized carbons (Fsp3) is 0.167. The third-order valence-corrected chi connectivity index (χ3v) is 4.70. The van der Waals surface area contributed by atoms with Gasteiger partial charge in [0.05, 0.1) is 6.61 Å². The molecule has 0 aliphatic rings. The molecule has 3 aromatic carbocycles. The van der Waals surface area contributed by atoms with Crippen LogP contribution in [0.25, 0.3) is 0 Å². The van der Waals surface area contributed by atoms with Gasteiger partial charge in [-0.05, 0) is 31.2 Å². The second-order valence-electron chi connectivity index (χ2n) is 6.98. The van der Waals surface area contributed by atoms with E-state index in [1.54, 1.807) is 25.1 Å². The van der Waals surface area contributed by atoms with Crippen molar-refractivity contribution in [2.75, 3.05) is 17.2 Å². The molecule has 1 unspecified atom stereocenters. The number of Topliss-reactive ketones (excluding diaryl/α,β-unsaturated/α-hetero) is 1. The minimum absolute atomic E-state index is 0.00454. The first-order chi connectivity index (χ1) is 15.8. The van der Waals surface area contributed by atoms with Crippen molar-refractivity contribution < 1.29 is 31.9 Å². The van der Waals surface area contributed by atoms with Crippen LogP contribution in [0.15, 0.2) is 66.7 Å². The zero-order chi connectivity index (χ0) is 24.0. The number of anilines is 2. The molecule has 9 heteroatoms. The van der Waals surface area contributed by atoms with Gasteiger partial charge in [-0.25, -0.2) is 22.4 Å². The molecule has 0 radical (unpaired) electrons. The molecule has 0 heterocycles. The van der Waals surface area contributed by atoms with Crippen molar-refractivity contribution in [3.63, 3.8) is 0 Å². The van der Waals surface area contributed by atoms with Crippen molar-refractivity contribution in [2.24, 2.45) is 0 Å². The number of hydrogen-bond acceptors (Lipinski definition) is 5. The number of hydrogen-bond donors (Lipinski definition) is 2. The first kappa shape index (κ1) is 23.8. The molecule has 0 amide bonds. The van der Waals surface area contributed by atoms with Crippen LogP contribution in [0.4, 0.5) is 28.9 Å². The molecular formula is C24H20F4N2O3. The van der Waals surface area contributed by atoms with E-state index >= 15 is 0 Å². The minimum atomic E-state index is -1.43. The molecule has 0 fully saturated rings. The van der Waals surface area contributed by atoms with E-state index in [0.717, 1.165) is 24.3 Å². The van der Waals surface area contributed by atoms with Gasteiger partial charge in [0.15, 0.2) is 35.1 Å². The normalized spacial score (nSPS) is 12.5. The highest BCUT2D eigenvalue weighted by molar-refractivity contribution is 6.05. The lowest BCUT2D eigenvalue weighted by molar-refractivity contribution is -0.144. The predicted molar refractivity (Wildman–Crippen MR) is 115 cm³/mol. The van der Waals surface area contributed by atoms with Crippen LogP contribution in [0.2, 0.25) is 0 Å². The van der Waals surface area contributed by atoms with E-state index in [1.807, 2.05) is 0 Å². The summed E-state index contributed by atoms with van der Waals surface area (Å²) < 4.78 is 59.3. The fourth-order valence-electron chi connectivity index (χ4n) is 3.12. The highest BCUT2D eigenvalue weighted by Crippen LogP contribution is 2.21. The number of esters is 1. The van der Waals surface area contributed by atoms with Gasteiger partial charge in [-0.2, -0.15) is 0 Å². The Bertz CT molecular complexity index is 1140. The Kier molecular flexibility index (Phi) is 7.66. The number of nitrogens with one attached hydrogen (secondary N) is 2. The molecule has 0 spiro atoms. The SMILES string of the molecule is CCOC(=O)[C@H](Nc1ccc(F)c(F)c1)C(Nc1ccc(F)c(F)c1)C(=O)c1ccccc1. The Morgan fingerprint density at radius 1 is 0.758 bits per heavy atom. The number of rotatable bonds is 9. The Morgan fingerprint density at radius 2 is 1.27 bits per heavy atom. The number of benzene rings is 3. The predicted octanol–water partition coefficient (Wildman–Crippen LogP) is 4.95. The molecule has 3 rings (SSSR count). The van der Waals surface area contributed by atoms with Crippen LogP contribution in [0.5, 0.6) is 0 Å². The number of halogens is 4. The van der Waals surface area contributed by atoms with Crippen LogP contribution in [0.1, 0.15) is 17.3 Å². The average Bonchev–Trinajstić information content (AvgIpc) is 2.81. The van der Waals surface area contributed by atoms with Crippen LogP contribution in [-0.4, -0.2) is 30.4 Å². The number of ketones is 1. The molecule has 33 heavy (non-hydrogen) atoms.